The fourth-order valence-electron chi connectivity index (χ4n) is 4.06. The van der Waals surface area contributed by atoms with Crippen molar-refractivity contribution in [3.8, 4) is 0 Å². The largest absolute Gasteiger partial charge is 0.324 e. The number of carbonyl (C=O) groups excluding carboxylic acids is 1. The maximum absolute atomic E-state index is 14.7. The molecule has 8 heteroatoms. The van der Waals surface area contributed by atoms with Crippen LogP contribution >= 0.6 is 0 Å². The molecular weight excluding hydrogens is 373 g/mol. The van der Waals surface area contributed by atoms with E-state index in [0.717, 1.165) is 28.9 Å². The van der Waals surface area contributed by atoms with Crippen LogP contribution in [0.3, 0.4) is 0 Å². The Morgan fingerprint density at radius 2 is 2.14 bits per heavy atom. The number of carbonyl (C=O) groups is 1. The second kappa shape index (κ2) is 7.44. The normalized spacial score (nSPS) is 13.5. The van der Waals surface area contributed by atoms with Crippen molar-refractivity contribution in [3.05, 3.63) is 56.3 Å². The van der Waals surface area contributed by atoms with E-state index in [1.807, 2.05) is 19.9 Å². The summed E-state index contributed by atoms with van der Waals surface area (Å²) in [7, 11) is 1.65. The topological polar surface area (TPSA) is 91.8 Å². The van der Waals surface area contributed by atoms with Gasteiger partial charge in [0.2, 0.25) is 5.91 Å². The number of H-pyrrole nitrogens is 1. The second-order valence-electron chi connectivity index (χ2n) is 7.54. The van der Waals surface area contributed by atoms with Gasteiger partial charge in [-0.15, -0.1) is 0 Å². The third kappa shape index (κ3) is 3.44. The first-order valence-corrected chi connectivity index (χ1v) is 9.72. The Morgan fingerprint density at radius 1 is 1.34 bits per heavy atom. The molecule has 1 aliphatic rings. The SMILES string of the molecule is Cc1nc2[nH]n(C)c(=O)c2c(C)c1CCC(=O)Nc1ccc2c(c1F)CCNC2. The first kappa shape index (κ1) is 19.3. The van der Waals surface area contributed by atoms with Crippen molar-refractivity contribution in [2.24, 2.45) is 7.05 Å². The average Bonchev–Trinajstić information content (AvgIpc) is 2.97. The summed E-state index contributed by atoms with van der Waals surface area (Å²) in [5, 5.41) is 9.38. The number of fused-ring (bicyclic) bond motifs is 2. The van der Waals surface area contributed by atoms with Crippen LogP contribution in [0.2, 0.25) is 0 Å². The predicted octanol–water partition coefficient (Wildman–Crippen LogP) is 2.23. The summed E-state index contributed by atoms with van der Waals surface area (Å²) in [6.07, 6.45) is 1.22. The number of halogens is 1. The lowest BCUT2D eigenvalue weighted by Gasteiger charge is -2.19. The van der Waals surface area contributed by atoms with Crippen LogP contribution in [0.4, 0.5) is 10.1 Å². The average molecular weight is 397 g/mol. The van der Waals surface area contributed by atoms with Gasteiger partial charge in [-0.3, -0.25) is 19.4 Å². The van der Waals surface area contributed by atoms with Crippen molar-refractivity contribution in [1.29, 1.82) is 0 Å². The third-order valence-corrected chi connectivity index (χ3v) is 5.66. The van der Waals surface area contributed by atoms with Crippen LogP contribution in [0.5, 0.6) is 0 Å². The number of aryl methyl sites for hydroxylation is 3. The molecule has 0 fully saturated rings. The number of anilines is 1. The fraction of sp³-hybridized carbons (Fsp3) is 0.381. The molecular formula is C21H24FN5O2. The quantitative estimate of drug-likeness (QED) is 0.630. The van der Waals surface area contributed by atoms with Crippen LogP contribution in [0.25, 0.3) is 11.0 Å². The van der Waals surface area contributed by atoms with E-state index in [1.54, 1.807) is 13.1 Å². The molecule has 0 aliphatic carbocycles. The molecule has 152 valence electrons. The highest BCUT2D eigenvalue weighted by Crippen LogP contribution is 2.25. The fourth-order valence-corrected chi connectivity index (χ4v) is 4.06. The van der Waals surface area contributed by atoms with Gasteiger partial charge in [-0.25, -0.2) is 9.37 Å². The zero-order valence-electron chi connectivity index (χ0n) is 16.8. The molecule has 0 atom stereocenters. The summed E-state index contributed by atoms with van der Waals surface area (Å²) in [5.74, 6) is -0.609. The van der Waals surface area contributed by atoms with E-state index in [0.29, 0.717) is 36.0 Å². The van der Waals surface area contributed by atoms with E-state index in [1.165, 1.54) is 4.68 Å². The van der Waals surface area contributed by atoms with Crippen LogP contribution in [0.15, 0.2) is 16.9 Å². The van der Waals surface area contributed by atoms with Crippen LogP contribution in [-0.2, 0) is 31.2 Å². The third-order valence-electron chi connectivity index (χ3n) is 5.66. The maximum Gasteiger partial charge on any atom is 0.276 e. The Bertz CT molecular complexity index is 1180. The second-order valence-corrected chi connectivity index (χ2v) is 7.54. The van der Waals surface area contributed by atoms with Crippen LogP contribution in [-0.4, -0.2) is 27.2 Å². The number of nitrogens with one attached hydrogen (secondary N) is 3. The molecule has 0 radical (unpaired) electrons. The monoisotopic (exact) mass is 397 g/mol. The zero-order valence-corrected chi connectivity index (χ0v) is 16.8. The molecule has 7 nitrogen and oxygen atoms in total. The minimum absolute atomic E-state index is 0.138. The molecule has 29 heavy (non-hydrogen) atoms. The number of benzene rings is 1. The van der Waals surface area contributed by atoms with Gasteiger partial charge >= 0.3 is 0 Å². The van der Waals surface area contributed by atoms with Crippen molar-refractivity contribution in [3.63, 3.8) is 0 Å². The minimum atomic E-state index is -0.344. The Labute approximate surface area is 167 Å². The Hall–Kier alpha value is -3.00. The number of nitrogens with zero attached hydrogens (tertiary/aromatic N) is 2. The lowest BCUT2D eigenvalue weighted by Crippen LogP contribution is -2.25. The van der Waals surface area contributed by atoms with Gasteiger partial charge in [0.1, 0.15) is 5.82 Å². The predicted molar refractivity (Wildman–Crippen MR) is 110 cm³/mol. The smallest absolute Gasteiger partial charge is 0.276 e. The summed E-state index contributed by atoms with van der Waals surface area (Å²) in [6, 6.07) is 3.47. The highest BCUT2D eigenvalue weighted by atomic mass is 19.1. The molecule has 2 aromatic heterocycles. The molecule has 0 saturated heterocycles. The van der Waals surface area contributed by atoms with Crippen molar-refractivity contribution < 1.29 is 9.18 Å². The van der Waals surface area contributed by atoms with Gasteiger partial charge in [-0.2, -0.15) is 0 Å². The molecule has 0 saturated carbocycles. The van der Waals surface area contributed by atoms with Crippen molar-refractivity contribution in [1.82, 2.24) is 20.1 Å². The van der Waals surface area contributed by atoms with Crippen LogP contribution in [0.1, 0.15) is 34.4 Å². The molecule has 1 amide bonds. The Kier molecular flexibility index (Phi) is 4.96. The maximum atomic E-state index is 14.7. The summed E-state index contributed by atoms with van der Waals surface area (Å²) in [4.78, 5) is 29.3. The van der Waals surface area contributed by atoms with E-state index < -0.39 is 0 Å². The summed E-state index contributed by atoms with van der Waals surface area (Å²) >= 11 is 0. The highest BCUT2D eigenvalue weighted by Gasteiger charge is 2.19. The van der Waals surface area contributed by atoms with E-state index in [4.69, 9.17) is 0 Å². The molecule has 3 aromatic rings. The summed E-state index contributed by atoms with van der Waals surface area (Å²) < 4.78 is 16.1. The number of amides is 1. The molecule has 3 heterocycles. The highest BCUT2D eigenvalue weighted by molar-refractivity contribution is 5.91. The minimum Gasteiger partial charge on any atom is -0.324 e. The van der Waals surface area contributed by atoms with Gasteiger partial charge in [0.05, 0.1) is 11.1 Å². The number of aromatic amines is 1. The van der Waals surface area contributed by atoms with Gasteiger partial charge < -0.3 is 10.6 Å². The number of hydrogen-bond donors (Lipinski definition) is 3. The molecule has 1 aliphatic heterocycles. The Morgan fingerprint density at radius 3 is 2.93 bits per heavy atom. The molecule has 0 bridgehead atoms. The molecule has 0 spiro atoms. The first-order valence-electron chi connectivity index (χ1n) is 9.72. The standard InChI is InChI=1S/C21H24FN5O2/c1-11-14(12(2)24-20-18(11)21(29)27(3)26-20)5-7-17(28)25-16-6-4-13-10-23-9-8-15(13)19(16)22/h4,6,23H,5,7-10H2,1-3H3,(H,24,26)(H,25,28). The van der Waals surface area contributed by atoms with Crippen molar-refractivity contribution in [2.75, 3.05) is 11.9 Å². The van der Waals surface area contributed by atoms with E-state index >= 15 is 0 Å². The van der Waals surface area contributed by atoms with Gasteiger partial charge in [0.15, 0.2) is 5.65 Å². The molecule has 4 rings (SSSR count). The van der Waals surface area contributed by atoms with Crippen LogP contribution in [0, 0.1) is 19.7 Å². The van der Waals surface area contributed by atoms with Crippen molar-refractivity contribution in [2.45, 2.75) is 39.7 Å². The summed E-state index contributed by atoms with van der Waals surface area (Å²) in [6.45, 7) is 5.11. The first-order chi connectivity index (χ1) is 13.9. The lowest BCUT2D eigenvalue weighted by atomic mass is 9.99. The van der Waals surface area contributed by atoms with E-state index in [9.17, 15) is 14.0 Å². The number of rotatable bonds is 4. The number of aromatic nitrogens is 3. The van der Waals surface area contributed by atoms with Crippen LogP contribution < -0.4 is 16.2 Å². The van der Waals surface area contributed by atoms with Gasteiger partial charge in [0.25, 0.3) is 5.56 Å². The zero-order chi connectivity index (χ0) is 20.7. The molecule has 3 N–H and O–H groups in total. The Balaban J connectivity index is 1.52. The number of hydrogen-bond acceptors (Lipinski definition) is 4. The van der Waals surface area contributed by atoms with E-state index in [2.05, 4.69) is 20.7 Å². The van der Waals surface area contributed by atoms with Gasteiger partial charge in [-0.05, 0) is 61.6 Å². The van der Waals surface area contributed by atoms with Crippen molar-refractivity contribution >= 4 is 22.6 Å². The number of pyridine rings is 1. The lowest BCUT2D eigenvalue weighted by molar-refractivity contribution is -0.116. The van der Waals surface area contributed by atoms with Gasteiger partial charge in [0, 0.05) is 25.7 Å². The van der Waals surface area contributed by atoms with E-state index in [-0.39, 0.29) is 29.4 Å². The molecule has 0 unspecified atom stereocenters. The molecule has 1 aromatic carbocycles. The van der Waals surface area contributed by atoms with Gasteiger partial charge in [-0.1, -0.05) is 6.07 Å². The summed E-state index contributed by atoms with van der Waals surface area (Å²) in [5.41, 5.74) is 4.72.